The van der Waals surface area contributed by atoms with Gasteiger partial charge in [0.25, 0.3) is 5.69 Å². The van der Waals surface area contributed by atoms with Gasteiger partial charge in [-0.3, -0.25) is 14.9 Å². The van der Waals surface area contributed by atoms with Crippen LogP contribution in [0.2, 0.25) is 0 Å². The van der Waals surface area contributed by atoms with Gasteiger partial charge in [-0.15, -0.1) is 0 Å². The number of ketones is 1. The van der Waals surface area contributed by atoms with E-state index in [-0.39, 0.29) is 35.0 Å². The Bertz CT molecular complexity index is 885. The van der Waals surface area contributed by atoms with Crippen LogP contribution in [-0.2, 0) is 11.2 Å². The van der Waals surface area contributed by atoms with E-state index >= 15 is 0 Å². The van der Waals surface area contributed by atoms with Gasteiger partial charge in [0.15, 0.2) is 11.5 Å². The van der Waals surface area contributed by atoms with Crippen molar-refractivity contribution in [1.82, 2.24) is 9.78 Å². The lowest BCUT2D eigenvalue weighted by Gasteiger charge is -2.13. The molecule has 0 unspecified atom stereocenters. The maximum Gasteiger partial charge on any atom is 0.359 e. The molecule has 1 aliphatic rings. The van der Waals surface area contributed by atoms with Crippen molar-refractivity contribution in [1.29, 1.82) is 0 Å². The van der Waals surface area contributed by atoms with Crippen molar-refractivity contribution in [3.05, 3.63) is 50.8 Å². The molecule has 1 aliphatic carbocycles. The molecule has 0 aliphatic heterocycles. The second-order valence-electron chi connectivity index (χ2n) is 5.83. The van der Waals surface area contributed by atoms with Crippen LogP contribution in [0.1, 0.15) is 51.9 Å². The largest absolute Gasteiger partial charge is 0.461 e. The fraction of sp³-hybridized carbons (Fsp3) is 0.353. The molecule has 2 aromatic rings. The Morgan fingerprint density at radius 3 is 2.84 bits per heavy atom. The Labute approximate surface area is 143 Å². The molecule has 8 heteroatoms. The Balaban J connectivity index is 2.25. The summed E-state index contributed by atoms with van der Waals surface area (Å²) >= 11 is 0. The molecule has 1 heterocycles. The third-order valence-corrected chi connectivity index (χ3v) is 4.10. The zero-order chi connectivity index (χ0) is 18.1. The van der Waals surface area contributed by atoms with Crippen LogP contribution in [0.15, 0.2) is 18.2 Å². The number of aromatic nitrogens is 2. The lowest BCUT2D eigenvalue weighted by atomic mass is 9.94. The van der Waals surface area contributed by atoms with Gasteiger partial charge in [-0.05, 0) is 38.3 Å². The molecule has 0 bridgehead atoms. The number of carbonyl (C=O) groups excluding carboxylic acids is 2. The summed E-state index contributed by atoms with van der Waals surface area (Å²) in [5.74, 6) is -0.882. The molecule has 25 heavy (non-hydrogen) atoms. The Hall–Kier alpha value is -3.03. The Morgan fingerprint density at radius 2 is 2.16 bits per heavy atom. The van der Waals surface area contributed by atoms with Crippen molar-refractivity contribution >= 4 is 17.4 Å². The highest BCUT2D eigenvalue weighted by molar-refractivity contribution is 6.07. The first-order chi connectivity index (χ1) is 11.9. The van der Waals surface area contributed by atoms with Crippen LogP contribution >= 0.6 is 0 Å². The van der Waals surface area contributed by atoms with Crippen LogP contribution in [0.3, 0.4) is 0 Å². The smallest absolute Gasteiger partial charge is 0.359 e. The van der Waals surface area contributed by atoms with Crippen molar-refractivity contribution in [2.24, 2.45) is 0 Å². The highest BCUT2D eigenvalue weighted by Gasteiger charge is 2.33. The number of esters is 1. The summed E-state index contributed by atoms with van der Waals surface area (Å²) in [6.45, 7) is 3.57. The Morgan fingerprint density at radius 1 is 1.40 bits per heavy atom. The van der Waals surface area contributed by atoms with Crippen LogP contribution < -0.4 is 0 Å². The van der Waals surface area contributed by atoms with Crippen LogP contribution in [0, 0.1) is 17.0 Å². The minimum Gasteiger partial charge on any atom is -0.461 e. The van der Waals surface area contributed by atoms with Crippen LogP contribution in [0.25, 0.3) is 5.69 Å². The molecule has 0 saturated heterocycles. The predicted molar refractivity (Wildman–Crippen MR) is 88.2 cm³/mol. The number of hydrogen-bond acceptors (Lipinski definition) is 6. The van der Waals surface area contributed by atoms with Gasteiger partial charge in [0.1, 0.15) is 5.69 Å². The summed E-state index contributed by atoms with van der Waals surface area (Å²) in [5, 5.41) is 15.6. The second-order valence-corrected chi connectivity index (χ2v) is 5.83. The molecule has 130 valence electrons. The molecule has 0 atom stereocenters. The number of ether oxygens (including phenoxy) is 1. The maximum absolute atomic E-state index is 12.3. The van der Waals surface area contributed by atoms with E-state index in [1.165, 1.54) is 10.7 Å². The van der Waals surface area contributed by atoms with Gasteiger partial charge in [0, 0.05) is 12.5 Å². The topological polar surface area (TPSA) is 104 Å². The minimum absolute atomic E-state index is 0.0728. The van der Waals surface area contributed by atoms with Crippen LogP contribution in [-0.4, -0.2) is 33.1 Å². The maximum atomic E-state index is 12.3. The third kappa shape index (κ3) is 2.90. The molecular formula is C17H17N3O5. The Kier molecular flexibility index (Phi) is 4.35. The number of nitro groups is 1. The predicted octanol–water partition coefficient (Wildman–Crippen LogP) is 2.78. The lowest BCUT2D eigenvalue weighted by Crippen LogP contribution is -2.16. The van der Waals surface area contributed by atoms with Gasteiger partial charge < -0.3 is 4.74 Å². The summed E-state index contributed by atoms with van der Waals surface area (Å²) in [5.41, 5.74) is 1.51. The summed E-state index contributed by atoms with van der Waals surface area (Å²) in [4.78, 5) is 35.5. The lowest BCUT2D eigenvalue weighted by molar-refractivity contribution is -0.384. The van der Waals surface area contributed by atoms with Crippen molar-refractivity contribution in [2.75, 3.05) is 6.61 Å². The van der Waals surface area contributed by atoms with Crippen molar-refractivity contribution in [2.45, 2.75) is 33.1 Å². The van der Waals surface area contributed by atoms with Crippen molar-refractivity contribution < 1.29 is 19.2 Å². The molecule has 0 spiro atoms. The molecule has 0 N–H and O–H groups in total. The monoisotopic (exact) mass is 343 g/mol. The molecule has 8 nitrogen and oxygen atoms in total. The molecule has 0 radical (unpaired) electrons. The summed E-state index contributed by atoms with van der Waals surface area (Å²) in [7, 11) is 0. The fourth-order valence-corrected chi connectivity index (χ4v) is 3.02. The van der Waals surface area contributed by atoms with E-state index in [1.54, 1.807) is 26.0 Å². The van der Waals surface area contributed by atoms with Gasteiger partial charge in [-0.25, -0.2) is 9.48 Å². The number of aryl methyl sites for hydroxylation is 1. The average molecular weight is 343 g/mol. The molecule has 0 saturated carbocycles. The first-order valence-corrected chi connectivity index (χ1v) is 8.01. The SMILES string of the molecule is CCOC(=O)c1nn(-c2ccc(C)cc2[N+](=O)[O-])c2c1C(=O)CCC2. The van der Waals surface area contributed by atoms with E-state index in [4.69, 9.17) is 4.74 Å². The van der Waals surface area contributed by atoms with E-state index in [1.807, 2.05) is 0 Å². The number of Topliss-reactive ketones (excluding diaryl/α,β-unsaturated/α-hetero) is 1. The quantitative estimate of drug-likeness (QED) is 0.480. The fourth-order valence-electron chi connectivity index (χ4n) is 3.02. The zero-order valence-corrected chi connectivity index (χ0v) is 13.9. The highest BCUT2D eigenvalue weighted by atomic mass is 16.6. The van der Waals surface area contributed by atoms with Gasteiger partial charge >= 0.3 is 5.97 Å². The van der Waals surface area contributed by atoms with E-state index in [9.17, 15) is 19.7 Å². The van der Waals surface area contributed by atoms with Crippen molar-refractivity contribution in [3.63, 3.8) is 0 Å². The van der Waals surface area contributed by atoms with E-state index in [0.717, 1.165) is 5.56 Å². The standard InChI is InChI=1S/C17H17N3O5/c1-3-25-17(22)16-15-12(5-4-6-14(15)21)19(18-16)11-8-7-10(2)9-13(11)20(23)24/h7-9H,3-6H2,1-2H3. The number of carbonyl (C=O) groups is 2. The van der Waals surface area contributed by atoms with Gasteiger partial charge in [0.05, 0.1) is 22.8 Å². The summed E-state index contributed by atoms with van der Waals surface area (Å²) in [6.07, 6.45) is 1.44. The molecule has 1 aromatic heterocycles. The highest BCUT2D eigenvalue weighted by Crippen LogP contribution is 2.31. The number of benzene rings is 1. The first-order valence-electron chi connectivity index (χ1n) is 8.01. The minimum atomic E-state index is -0.692. The van der Waals surface area contributed by atoms with E-state index < -0.39 is 10.9 Å². The van der Waals surface area contributed by atoms with Crippen LogP contribution in [0.4, 0.5) is 5.69 Å². The number of rotatable bonds is 4. The molecule has 3 rings (SSSR count). The number of nitrogens with zero attached hydrogens (tertiary/aromatic N) is 3. The molecule has 1 aromatic carbocycles. The number of fused-ring (bicyclic) bond motifs is 1. The van der Waals surface area contributed by atoms with Gasteiger partial charge in [-0.2, -0.15) is 5.10 Å². The third-order valence-electron chi connectivity index (χ3n) is 4.10. The summed E-state index contributed by atoms with van der Waals surface area (Å²) in [6, 6.07) is 4.75. The summed E-state index contributed by atoms with van der Waals surface area (Å²) < 4.78 is 6.33. The number of nitro benzene ring substituents is 1. The van der Waals surface area contributed by atoms with E-state index in [0.29, 0.717) is 25.0 Å². The molecule has 0 fully saturated rings. The zero-order valence-electron chi connectivity index (χ0n) is 13.9. The molecular weight excluding hydrogens is 326 g/mol. The second kappa shape index (κ2) is 6.46. The van der Waals surface area contributed by atoms with Gasteiger partial charge in [-0.1, -0.05) is 6.07 Å². The molecule has 0 amide bonds. The van der Waals surface area contributed by atoms with Crippen LogP contribution in [0.5, 0.6) is 0 Å². The van der Waals surface area contributed by atoms with E-state index in [2.05, 4.69) is 5.10 Å². The van der Waals surface area contributed by atoms with Gasteiger partial charge in [0.2, 0.25) is 0 Å². The average Bonchev–Trinajstić information content (AvgIpc) is 2.96. The van der Waals surface area contributed by atoms with Crippen molar-refractivity contribution in [3.8, 4) is 5.69 Å². The number of hydrogen-bond donors (Lipinski definition) is 0. The first kappa shape index (κ1) is 16.8. The normalized spacial score (nSPS) is 13.4.